The molecule has 0 aliphatic carbocycles. The Bertz CT molecular complexity index is 855. The average Bonchev–Trinajstić information content (AvgIpc) is 3.10. The second-order valence-electron chi connectivity index (χ2n) is 6.48. The molecule has 3 rings (SSSR count). The first-order valence-corrected chi connectivity index (χ1v) is 10.0. The molecule has 2 aromatic heterocycles. The van der Waals surface area contributed by atoms with E-state index in [1.54, 1.807) is 17.9 Å². The van der Waals surface area contributed by atoms with Gasteiger partial charge in [-0.25, -0.2) is 13.1 Å². The molecule has 1 atom stereocenters. The third kappa shape index (κ3) is 4.49. The van der Waals surface area contributed by atoms with Crippen molar-refractivity contribution in [3.05, 3.63) is 41.5 Å². The first-order chi connectivity index (χ1) is 11.8. The Morgan fingerprint density at radius 2 is 2.24 bits per heavy atom. The van der Waals surface area contributed by atoms with Gasteiger partial charge < -0.3 is 14.0 Å². The molecule has 1 aliphatic heterocycles. The van der Waals surface area contributed by atoms with E-state index in [9.17, 15) is 13.2 Å². The maximum absolute atomic E-state index is 12.8. The number of aryl methyl sites for hydroxylation is 1. The van der Waals surface area contributed by atoms with Gasteiger partial charge in [0.2, 0.25) is 10.0 Å². The van der Waals surface area contributed by atoms with E-state index in [0.29, 0.717) is 37.5 Å². The summed E-state index contributed by atoms with van der Waals surface area (Å²) in [5.41, 5.74) is 1.35. The van der Waals surface area contributed by atoms with Crippen molar-refractivity contribution in [3.8, 4) is 0 Å². The van der Waals surface area contributed by atoms with E-state index < -0.39 is 10.0 Å². The van der Waals surface area contributed by atoms with Gasteiger partial charge in [-0.3, -0.25) is 4.79 Å². The van der Waals surface area contributed by atoms with Crippen LogP contribution in [-0.4, -0.2) is 48.3 Å². The van der Waals surface area contributed by atoms with Crippen molar-refractivity contribution >= 4 is 15.9 Å². The van der Waals surface area contributed by atoms with Gasteiger partial charge in [0.25, 0.3) is 5.91 Å². The molecule has 25 heavy (non-hydrogen) atoms. The number of carbonyl (C=O) groups is 1. The minimum Gasteiger partial charge on any atom is -0.361 e. The van der Waals surface area contributed by atoms with Crippen LogP contribution in [0.15, 0.2) is 28.9 Å². The fraction of sp³-hybridized carbons (Fsp3) is 0.500. The Morgan fingerprint density at radius 1 is 1.44 bits per heavy atom. The molecule has 9 heteroatoms. The molecule has 8 nitrogen and oxygen atoms in total. The van der Waals surface area contributed by atoms with Crippen LogP contribution in [0.5, 0.6) is 0 Å². The smallest absolute Gasteiger partial charge is 0.276 e. The van der Waals surface area contributed by atoms with Crippen LogP contribution in [0.2, 0.25) is 0 Å². The summed E-state index contributed by atoms with van der Waals surface area (Å²) >= 11 is 0. The zero-order valence-corrected chi connectivity index (χ0v) is 15.1. The highest BCUT2D eigenvalue weighted by atomic mass is 32.2. The van der Waals surface area contributed by atoms with Crippen LogP contribution in [0.1, 0.15) is 28.4 Å². The Morgan fingerprint density at radius 3 is 2.92 bits per heavy atom. The Hall–Kier alpha value is -2.13. The minimum atomic E-state index is -3.21. The van der Waals surface area contributed by atoms with Crippen LogP contribution in [-0.2, 0) is 23.1 Å². The summed E-state index contributed by atoms with van der Waals surface area (Å²) in [7, 11) is -3.21. The molecule has 1 amide bonds. The molecule has 0 saturated carbocycles. The summed E-state index contributed by atoms with van der Waals surface area (Å²) in [6.45, 7) is 3.88. The number of carbonyl (C=O) groups excluding carboxylic acids is 1. The molecule has 0 radical (unpaired) electrons. The average molecular weight is 366 g/mol. The van der Waals surface area contributed by atoms with Gasteiger partial charge >= 0.3 is 0 Å². The lowest BCUT2D eigenvalue weighted by molar-refractivity contribution is 0.0708. The van der Waals surface area contributed by atoms with Gasteiger partial charge in [0.15, 0.2) is 5.69 Å². The molecule has 2 aromatic rings. The molecule has 1 N–H and O–H groups in total. The fourth-order valence-corrected chi connectivity index (χ4v) is 3.58. The topological polar surface area (TPSA) is 97.4 Å². The summed E-state index contributed by atoms with van der Waals surface area (Å²) in [5, 5.41) is 3.82. The van der Waals surface area contributed by atoms with Crippen molar-refractivity contribution in [3.63, 3.8) is 0 Å². The lowest BCUT2D eigenvalue weighted by atomic mass is 10.1. The molecule has 0 fully saturated rings. The van der Waals surface area contributed by atoms with Gasteiger partial charge in [0.1, 0.15) is 5.76 Å². The molecule has 0 saturated heterocycles. The highest BCUT2D eigenvalue weighted by Crippen LogP contribution is 2.21. The maximum Gasteiger partial charge on any atom is 0.276 e. The number of sulfonamides is 1. The maximum atomic E-state index is 12.8. The standard InChI is InChI=1S/C16H22N4O4S/c1-12-8-15(18-24-12)16(21)20-10-13(5-6-17-25(2,22)23)9-19-7-3-4-14(19)11-20/h3-4,7-8,13,17H,5-6,9-11H2,1-2H3. The number of amides is 1. The lowest BCUT2D eigenvalue weighted by Crippen LogP contribution is -2.35. The van der Waals surface area contributed by atoms with Crippen LogP contribution in [0.3, 0.4) is 0 Å². The third-order valence-corrected chi connectivity index (χ3v) is 4.99. The van der Waals surface area contributed by atoms with Gasteiger partial charge in [0, 0.05) is 37.6 Å². The van der Waals surface area contributed by atoms with Crippen molar-refractivity contribution in [1.29, 1.82) is 0 Å². The summed E-state index contributed by atoms with van der Waals surface area (Å²) in [6, 6.07) is 5.58. The normalized spacial score (nSPS) is 18.0. The molecule has 0 bridgehead atoms. The number of hydrogen-bond acceptors (Lipinski definition) is 5. The van der Waals surface area contributed by atoms with Gasteiger partial charge in [-0.05, 0) is 31.4 Å². The van der Waals surface area contributed by atoms with Gasteiger partial charge in [0.05, 0.1) is 12.8 Å². The van der Waals surface area contributed by atoms with Crippen molar-refractivity contribution in [2.24, 2.45) is 5.92 Å². The quantitative estimate of drug-likeness (QED) is 0.851. The van der Waals surface area contributed by atoms with Crippen LogP contribution in [0, 0.1) is 12.8 Å². The van der Waals surface area contributed by atoms with Crippen LogP contribution < -0.4 is 4.72 Å². The van der Waals surface area contributed by atoms with E-state index in [4.69, 9.17) is 4.52 Å². The predicted molar refractivity (Wildman–Crippen MR) is 91.4 cm³/mol. The monoisotopic (exact) mass is 366 g/mol. The van der Waals surface area contributed by atoms with Crippen molar-refractivity contribution in [1.82, 2.24) is 19.3 Å². The number of hydrogen-bond donors (Lipinski definition) is 1. The number of rotatable bonds is 5. The molecular weight excluding hydrogens is 344 g/mol. The van der Waals surface area contributed by atoms with E-state index in [1.165, 1.54) is 0 Å². The second-order valence-corrected chi connectivity index (χ2v) is 8.31. The van der Waals surface area contributed by atoms with E-state index in [2.05, 4.69) is 14.4 Å². The molecule has 1 aliphatic rings. The third-order valence-electron chi connectivity index (χ3n) is 4.26. The van der Waals surface area contributed by atoms with E-state index >= 15 is 0 Å². The molecule has 3 heterocycles. The zero-order chi connectivity index (χ0) is 18.0. The number of nitrogens with one attached hydrogen (secondary N) is 1. The largest absolute Gasteiger partial charge is 0.361 e. The molecule has 1 unspecified atom stereocenters. The zero-order valence-electron chi connectivity index (χ0n) is 14.3. The summed E-state index contributed by atoms with van der Waals surface area (Å²) in [5.74, 6) is 0.558. The van der Waals surface area contributed by atoms with Gasteiger partial charge in [-0.1, -0.05) is 5.16 Å². The number of aromatic nitrogens is 2. The Kier molecular flexibility index (Phi) is 4.96. The summed E-state index contributed by atoms with van der Waals surface area (Å²) in [6.07, 6.45) is 3.78. The lowest BCUT2D eigenvalue weighted by Gasteiger charge is -2.23. The van der Waals surface area contributed by atoms with Crippen molar-refractivity contribution < 1.29 is 17.7 Å². The van der Waals surface area contributed by atoms with Crippen LogP contribution in [0.4, 0.5) is 0 Å². The van der Waals surface area contributed by atoms with Crippen LogP contribution >= 0.6 is 0 Å². The first-order valence-electron chi connectivity index (χ1n) is 8.13. The summed E-state index contributed by atoms with van der Waals surface area (Å²) in [4.78, 5) is 14.5. The van der Waals surface area contributed by atoms with Crippen LogP contribution in [0.25, 0.3) is 0 Å². The molecule has 0 aromatic carbocycles. The highest BCUT2D eigenvalue weighted by Gasteiger charge is 2.27. The van der Waals surface area contributed by atoms with E-state index in [0.717, 1.165) is 18.5 Å². The second kappa shape index (κ2) is 7.01. The van der Waals surface area contributed by atoms with Gasteiger partial charge in [-0.2, -0.15) is 0 Å². The molecule has 136 valence electrons. The first kappa shape index (κ1) is 17.7. The van der Waals surface area contributed by atoms with E-state index in [-0.39, 0.29) is 11.8 Å². The molecular formula is C16H22N4O4S. The number of fused-ring (bicyclic) bond motifs is 1. The Labute approximate surface area is 146 Å². The fourth-order valence-electron chi connectivity index (χ4n) is 3.09. The van der Waals surface area contributed by atoms with Gasteiger partial charge in [-0.15, -0.1) is 0 Å². The number of nitrogens with zero attached hydrogens (tertiary/aromatic N) is 3. The molecule has 0 spiro atoms. The van der Waals surface area contributed by atoms with Crippen molar-refractivity contribution in [2.75, 3.05) is 19.3 Å². The predicted octanol–water partition coefficient (Wildman–Crippen LogP) is 0.996. The van der Waals surface area contributed by atoms with Crippen molar-refractivity contribution in [2.45, 2.75) is 26.4 Å². The van der Waals surface area contributed by atoms with E-state index in [1.807, 2.05) is 18.3 Å². The highest BCUT2D eigenvalue weighted by molar-refractivity contribution is 7.88. The Balaban J connectivity index is 1.75. The minimum absolute atomic E-state index is 0.139. The summed E-state index contributed by atoms with van der Waals surface area (Å²) < 4.78 is 32.2. The SMILES string of the molecule is Cc1cc(C(=O)N2Cc3cccn3CC(CCNS(C)(=O)=O)C2)no1.